The molecule has 1 aromatic heterocycles. The lowest BCUT2D eigenvalue weighted by atomic mass is 9.73. The van der Waals surface area contributed by atoms with Crippen molar-refractivity contribution in [2.75, 3.05) is 4.90 Å². The molecule has 30 heavy (non-hydrogen) atoms. The minimum Gasteiger partial charge on any atom is -0.310 e. The van der Waals surface area contributed by atoms with Gasteiger partial charge in [0.15, 0.2) is 0 Å². The van der Waals surface area contributed by atoms with Crippen LogP contribution in [-0.2, 0) is 5.41 Å². The fourth-order valence-electron chi connectivity index (χ4n) is 4.39. The molecule has 0 N–H and O–H groups in total. The Labute approximate surface area is 176 Å². The van der Waals surface area contributed by atoms with Crippen LogP contribution in [0.5, 0.6) is 0 Å². The zero-order chi connectivity index (χ0) is 20.7. The van der Waals surface area contributed by atoms with Crippen LogP contribution in [0.15, 0.2) is 91.1 Å². The van der Waals surface area contributed by atoms with Crippen molar-refractivity contribution in [2.24, 2.45) is 0 Å². The van der Waals surface area contributed by atoms with Gasteiger partial charge in [0.2, 0.25) is 0 Å². The first-order valence-corrected chi connectivity index (χ1v) is 10.1. The minimum atomic E-state index is -0.0642. The normalized spacial score (nSPS) is 13.8. The number of pyridine rings is 1. The molecule has 0 atom stereocenters. The predicted octanol–water partition coefficient (Wildman–Crippen LogP) is 6.73. The number of para-hydroxylation sites is 2. The predicted molar refractivity (Wildman–Crippen MR) is 121 cm³/mol. The van der Waals surface area contributed by atoms with Crippen molar-refractivity contribution in [3.8, 4) is 17.3 Å². The number of hydrogen-bond donors (Lipinski definition) is 0. The lowest BCUT2D eigenvalue weighted by molar-refractivity contribution is 0.632. The molecule has 0 amide bonds. The van der Waals surface area contributed by atoms with Crippen LogP contribution in [0.3, 0.4) is 0 Å². The summed E-state index contributed by atoms with van der Waals surface area (Å²) in [6, 6.07) is 31.4. The Morgan fingerprint density at radius 2 is 1.40 bits per heavy atom. The van der Waals surface area contributed by atoms with E-state index in [1.54, 1.807) is 12.3 Å². The summed E-state index contributed by atoms with van der Waals surface area (Å²) in [6.07, 6.45) is 1.68. The summed E-state index contributed by atoms with van der Waals surface area (Å²) in [6.45, 7) is 4.58. The van der Waals surface area contributed by atoms with Gasteiger partial charge in [-0.15, -0.1) is 0 Å². The van der Waals surface area contributed by atoms with Crippen molar-refractivity contribution in [2.45, 2.75) is 19.3 Å². The van der Waals surface area contributed by atoms with Crippen molar-refractivity contribution in [1.82, 2.24) is 4.98 Å². The number of nitrogens with zero attached hydrogens (tertiary/aromatic N) is 3. The SMILES string of the molecule is CC1(C)c2ccccc2N(c2ccc(-c3cc(C#N)ccn3)cc2)c2ccccc21. The highest BCUT2D eigenvalue weighted by Crippen LogP contribution is 2.51. The van der Waals surface area contributed by atoms with Gasteiger partial charge in [0.25, 0.3) is 0 Å². The molecule has 0 spiro atoms. The second kappa shape index (κ2) is 6.86. The van der Waals surface area contributed by atoms with E-state index in [9.17, 15) is 0 Å². The largest absolute Gasteiger partial charge is 0.310 e. The highest BCUT2D eigenvalue weighted by Gasteiger charge is 2.36. The van der Waals surface area contributed by atoms with Gasteiger partial charge in [-0.25, -0.2) is 0 Å². The number of nitriles is 1. The van der Waals surface area contributed by atoms with Crippen LogP contribution < -0.4 is 4.90 Å². The Balaban J connectivity index is 1.64. The summed E-state index contributed by atoms with van der Waals surface area (Å²) in [5.74, 6) is 0. The fraction of sp³-hybridized carbons (Fsp3) is 0.111. The summed E-state index contributed by atoms with van der Waals surface area (Å²) in [5.41, 5.74) is 8.50. The molecule has 1 aliphatic heterocycles. The average Bonchev–Trinajstić information content (AvgIpc) is 2.80. The van der Waals surface area contributed by atoms with Crippen LogP contribution in [0.4, 0.5) is 17.1 Å². The molecule has 4 aromatic rings. The summed E-state index contributed by atoms with van der Waals surface area (Å²) < 4.78 is 0. The molecule has 0 radical (unpaired) electrons. The molecule has 3 heteroatoms. The third kappa shape index (κ3) is 2.77. The van der Waals surface area contributed by atoms with Gasteiger partial charge in [0, 0.05) is 22.9 Å². The van der Waals surface area contributed by atoms with E-state index in [1.807, 2.05) is 6.07 Å². The van der Waals surface area contributed by atoms with Crippen molar-refractivity contribution in [3.63, 3.8) is 0 Å². The van der Waals surface area contributed by atoms with E-state index < -0.39 is 0 Å². The van der Waals surface area contributed by atoms with Crippen LogP contribution in [0.25, 0.3) is 11.3 Å². The molecule has 144 valence electrons. The van der Waals surface area contributed by atoms with Gasteiger partial charge >= 0.3 is 0 Å². The van der Waals surface area contributed by atoms with Gasteiger partial charge in [-0.05, 0) is 47.5 Å². The summed E-state index contributed by atoms with van der Waals surface area (Å²) in [4.78, 5) is 6.76. The molecule has 5 rings (SSSR count). The van der Waals surface area contributed by atoms with Gasteiger partial charge < -0.3 is 4.90 Å². The third-order valence-electron chi connectivity index (χ3n) is 5.95. The monoisotopic (exact) mass is 387 g/mol. The first-order valence-electron chi connectivity index (χ1n) is 10.1. The van der Waals surface area contributed by atoms with Crippen molar-refractivity contribution >= 4 is 17.1 Å². The fourth-order valence-corrected chi connectivity index (χ4v) is 4.39. The Bertz CT molecular complexity index is 1230. The first kappa shape index (κ1) is 18.1. The van der Waals surface area contributed by atoms with Gasteiger partial charge in [0.1, 0.15) is 0 Å². The molecule has 0 fully saturated rings. The van der Waals surface area contributed by atoms with E-state index in [4.69, 9.17) is 5.26 Å². The molecule has 0 aliphatic carbocycles. The lowest BCUT2D eigenvalue weighted by Gasteiger charge is -2.42. The van der Waals surface area contributed by atoms with Gasteiger partial charge in [0.05, 0.1) is 28.7 Å². The Hall–Kier alpha value is -3.90. The standard InChI is InChI=1S/C27H21N3/c1-27(2)22-7-3-5-9-25(22)30(26-10-6-4-8-23(26)27)21-13-11-20(12-14-21)24-17-19(18-28)15-16-29-24/h3-17H,1-2H3. The Kier molecular flexibility index (Phi) is 4.15. The molecule has 3 nitrogen and oxygen atoms in total. The number of anilines is 3. The van der Waals surface area contributed by atoms with Crippen molar-refractivity contribution < 1.29 is 0 Å². The summed E-state index contributed by atoms with van der Waals surface area (Å²) >= 11 is 0. The molecule has 0 saturated heterocycles. The van der Waals surface area contributed by atoms with E-state index >= 15 is 0 Å². The molecule has 0 bridgehead atoms. The molecule has 1 aliphatic rings. The molecule has 2 heterocycles. The maximum Gasteiger partial charge on any atom is 0.0992 e. The number of hydrogen-bond acceptors (Lipinski definition) is 3. The summed E-state index contributed by atoms with van der Waals surface area (Å²) in [7, 11) is 0. The highest BCUT2D eigenvalue weighted by atomic mass is 15.2. The highest BCUT2D eigenvalue weighted by molar-refractivity contribution is 5.86. The Morgan fingerprint density at radius 3 is 2.00 bits per heavy atom. The third-order valence-corrected chi connectivity index (χ3v) is 5.95. The van der Waals surface area contributed by atoms with E-state index in [0.717, 1.165) is 16.9 Å². The van der Waals surface area contributed by atoms with E-state index in [-0.39, 0.29) is 5.41 Å². The van der Waals surface area contributed by atoms with Gasteiger partial charge in [-0.2, -0.15) is 5.26 Å². The Morgan fingerprint density at radius 1 is 0.800 bits per heavy atom. The second-order valence-electron chi connectivity index (χ2n) is 8.08. The zero-order valence-corrected chi connectivity index (χ0v) is 17.0. The quantitative estimate of drug-likeness (QED) is 0.383. The molecular weight excluding hydrogens is 366 g/mol. The lowest BCUT2D eigenvalue weighted by Crippen LogP contribution is -2.30. The molecular formula is C27H21N3. The minimum absolute atomic E-state index is 0.0642. The number of aromatic nitrogens is 1. The smallest absolute Gasteiger partial charge is 0.0992 e. The molecule has 0 unspecified atom stereocenters. The average molecular weight is 387 g/mol. The van der Waals surface area contributed by atoms with Crippen molar-refractivity contribution in [3.05, 3.63) is 108 Å². The van der Waals surface area contributed by atoms with Gasteiger partial charge in [-0.1, -0.05) is 62.4 Å². The first-order chi connectivity index (χ1) is 14.6. The molecule has 3 aromatic carbocycles. The van der Waals surface area contributed by atoms with Crippen LogP contribution in [0.1, 0.15) is 30.5 Å². The van der Waals surface area contributed by atoms with Crippen molar-refractivity contribution in [1.29, 1.82) is 5.26 Å². The number of benzene rings is 3. The van der Waals surface area contributed by atoms with Crippen LogP contribution in [0.2, 0.25) is 0 Å². The van der Waals surface area contributed by atoms with Crippen LogP contribution >= 0.6 is 0 Å². The summed E-state index contributed by atoms with van der Waals surface area (Å²) in [5, 5.41) is 9.17. The maximum atomic E-state index is 9.17. The van der Waals surface area contributed by atoms with E-state index in [0.29, 0.717) is 5.56 Å². The van der Waals surface area contributed by atoms with Crippen LogP contribution in [0, 0.1) is 11.3 Å². The van der Waals surface area contributed by atoms with Crippen LogP contribution in [-0.4, -0.2) is 4.98 Å². The number of rotatable bonds is 2. The van der Waals surface area contributed by atoms with Gasteiger partial charge in [-0.3, -0.25) is 4.98 Å². The maximum absolute atomic E-state index is 9.17. The second-order valence-corrected chi connectivity index (χ2v) is 8.08. The zero-order valence-electron chi connectivity index (χ0n) is 17.0. The topological polar surface area (TPSA) is 39.9 Å². The van der Waals surface area contributed by atoms with E-state index in [2.05, 4.69) is 103 Å². The number of fused-ring (bicyclic) bond motifs is 2. The molecule has 0 saturated carbocycles. The van der Waals surface area contributed by atoms with E-state index in [1.165, 1.54) is 22.5 Å².